The second-order valence-electron chi connectivity index (χ2n) is 5.81. The Kier molecular flexibility index (Phi) is 6.60. The van der Waals surface area contributed by atoms with E-state index < -0.39 is 4.92 Å². The van der Waals surface area contributed by atoms with Crippen LogP contribution in [0.2, 0.25) is 0 Å². The standard InChI is InChI=1S/C16H25N3O2/c20-19(21)16-11-8-10-15(17-16)9-4-1-2-5-12-18-13-6-3-7-14-18/h8,10-11H,1-7,9,12-14H2. The van der Waals surface area contributed by atoms with Gasteiger partial charge < -0.3 is 15.0 Å². The maximum absolute atomic E-state index is 10.7. The third-order valence-corrected chi connectivity index (χ3v) is 4.09. The molecule has 0 saturated carbocycles. The first kappa shape index (κ1) is 15.9. The first-order chi connectivity index (χ1) is 10.3. The summed E-state index contributed by atoms with van der Waals surface area (Å²) in [6.07, 6.45) is 9.70. The zero-order valence-electron chi connectivity index (χ0n) is 12.7. The van der Waals surface area contributed by atoms with Crippen LogP contribution in [0.3, 0.4) is 0 Å². The zero-order chi connectivity index (χ0) is 14.9. The monoisotopic (exact) mass is 291 g/mol. The van der Waals surface area contributed by atoms with Gasteiger partial charge in [0.25, 0.3) is 0 Å². The zero-order valence-corrected chi connectivity index (χ0v) is 12.7. The number of aryl methyl sites for hydroxylation is 1. The van der Waals surface area contributed by atoms with E-state index in [0.29, 0.717) is 0 Å². The van der Waals surface area contributed by atoms with Crippen LogP contribution in [0.4, 0.5) is 5.82 Å². The van der Waals surface area contributed by atoms with Crippen molar-refractivity contribution in [2.24, 2.45) is 0 Å². The summed E-state index contributed by atoms with van der Waals surface area (Å²) >= 11 is 0. The second-order valence-corrected chi connectivity index (χ2v) is 5.81. The van der Waals surface area contributed by atoms with Crippen LogP contribution in [-0.4, -0.2) is 34.4 Å². The summed E-state index contributed by atoms with van der Waals surface area (Å²) in [7, 11) is 0. The van der Waals surface area contributed by atoms with Gasteiger partial charge in [-0.15, -0.1) is 0 Å². The van der Waals surface area contributed by atoms with Crippen LogP contribution in [-0.2, 0) is 6.42 Å². The minimum absolute atomic E-state index is 0.0439. The Morgan fingerprint density at radius 1 is 1.10 bits per heavy atom. The van der Waals surface area contributed by atoms with Gasteiger partial charge in [0.05, 0.1) is 0 Å². The van der Waals surface area contributed by atoms with Crippen molar-refractivity contribution in [3.8, 4) is 0 Å². The van der Waals surface area contributed by atoms with Gasteiger partial charge in [-0.3, -0.25) is 0 Å². The maximum Gasteiger partial charge on any atom is 0.363 e. The van der Waals surface area contributed by atoms with Gasteiger partial charge in [0.2, 0.25) is 0 Å². The van der Waals surface area contributed by atoms with Crippen molar-refractivity contribution in [2.45, 2.75) is 51.4 Å². The Bertz CT molecular complexity index is 445. The molecular formula is C16H25N3O2. The van der Waals surface area contributed by atoms with Crippen molar-refractivity contribution in [1.29, 1.82) is 0 Å². The summed E-state index contributed by atoms with van der Waals surface area (Å²) in [5.74, 6) is -0.0439. The number of nitro groups is 1. The molecule has 0 unspecified atom stereocenters. The largest absolute Gasteiger partial charge is 0.363 e. The van der Waals surface area contributed by atoms with E-state index in [1.165, 1.54) is 64.2 Å². The summed E-state index contributed by atoms with van der Waals surface area (Å²) in [5, 5.41) is 10.7. The van der Waals surface area contributed by atoms with E-state index >= 15 is 0 Å². The van der Waals surface area contributed by atoms with E-state index in [1.54, 1.807) is 6.07 Å². The van der Waals surface area contributed by atoms with E-state index in [2.05, 4.69) is 9.88 Å². The highest BCUT2D eigenvalue weighted by Crippen LogP contribution is 2.13. The molecule has 116 valence electrons. The van der Waals surface area contributed by atoms with Gasteiger partial charge in [-0.25, -0.2) is 0 Å². The van der Waals surface area contributed by atoms with Crippen LogP contribution in [0.15, 0.2) is 18.2 Å². The molecule has 1 aliphatic rings. The van der Waals surface area contributed by atoms with Crippen molar-refractivity contribution >= 4 is 5.82 Å². The number of nitrogens with zero attached hydrogens (tertiary/aromatic N) is 3. The third-order valence-electron chi connectivity index (χ3n) is 4.09. The van der Waals surface area contributed by atoms with Crippen LogP contribution in [0.5, 0.6) is 0 Å². The molecule has 0 N–H and O–H groups in total. The Labute approximate surface area is 126 Å². The molecule has 5 heteroatoms. The molecule has 0 radical (unpaired) electrons. The molecular weight excluding hydrogens is 266 g/mol. The Balaban J connectivity index is 1.57. The van der Waals surface area contributed by atoms with Gasteiger partial charge >= 0.3 is 5.82 Å². The Morgan fingerprint density at radius 2 is 1.86 bits per heavy atom. The SMILES string of the molecule is O=[N+]([O-])c1cccc(CCCCCCN2CCCCC2)n1. The summed E-state index contributed by atoms with van der Waals surface area (Å²) < 4.78 is 0. The highest BCUT2D eigenvalue weighted by molar-refractivity contribution is 5.21. The predicted molar refractivity (Wildman–Crippen MR) is 83.4 cm³/mol. The third kappa shape index (κ3) is 5.79. The fourth-order valence-corrected chi connectivity index (χ4v) is 2.89. The van der Waals surface area contributed by atoms with E-state index in [-0.39, 0.29) is 5.82 Å². The molecule has 1 aliphatic heterocycles. The number of hydrogen-bond donors (Lipinski definition) is 0. The Morgan fingerprint density at radius 3 is 2.62 bits per heavy atom. The predicted octanol–water partition coefficient (Wildman–Crippen LogP) is 3.58. The highest BCUT2D eigenvalue weighted by Gasteiger charge is 2.10. The summed E-state index contributed by atoms with van der Waals surface area (Å²) in [6.45, 7) is 3.78. The smallest absolute Gasteiger partial charge is 0.358 e. The average Bonchev–Trinajstić information content (AvgIpc) is 2.52. The van der Waals surface area contributed by atoms with Crippen LogP contribution in [0.25, 0.3) is 0 Å². The molecule has 0 aliphatic carbocycles. The molecule has 2 rings (SSSR count). The number of pyridine rings is 1. The van der Waals surface area contributed by atoms with Crippen molar-refractivity contribution in [1.82, 2.24) is 9.88 Å². The first-order valence-electron chi connectivity index (χ1n) is 8.08. The minimum Gasteiger partial charge on any atom is -0.358 e. The lowest BCUT2D eigenvalue weighted by molar-refractivity contribution is -0.389. The molecule has 1 aromatic rings. The van der Waals surface area contributed by atoms with Crippen molar-refractivity contribution in [3.63, 3.8) is 0 Å². The summed E-state index contributed by atoms with van der Waals surface area (Å²) in [4.78, 5) is 16.9. The van der Waals surface area contributed by atoms with E-state index in [4.69, 9.17) is 0 Å². The van der Waals surface area contributed by atoms with Gasteiger partial charge in [-0.1, -0.05) is 19.3 Å². The average molecular weight is 291 g/mol. The van der Waals surface area contributed by atoms with Crippen molar-refractivity contribution in [3.05, 3.63) is 34.0 Å². The lowest BCUT2D eigenvalue weighted by Gasteiger charge is -2.26. The number of unbranched alkanes of at least 4 members (excludes halogenated alkanes) is 3. The van der Waals surface area contributed by atoms with Gasteiger partial charge in [-0.05, 0) is 67.4 Å². The van der Waals surface area contributed by atoms with Gasteiger partial charge in [0.1, 0.15) is 0 Å². The number of piperidine rings is 1. The fraction of sp³-hybridized carbons (Fsp3) is 0.688. The summed E-state index contributed by atoms with van der Waals surface area (Å²) in [5.41, 5.74) is 0.834. The maximum atomic E-state index is 10.7. The van der Waals surface area contributed by atoms with E-state index in [9.17, 15) is 10.1 Å². The molecule has 0 atom stereocenters. The normalized spacial score (nSPS) is 16.0. The first-order valence-corrected chi connectivity index (χ1v) is 8.08. The van der Waals surface area contributed by atoms with Gasteiger partial charge in [0.15, 0.2) is 5.69 Å². The lowest BCUT2D eigenvalue weighted by Crippen LogP contribution is -2.30. The van der Waals surface area contributed by atoms with E-state index in [1.807, 2.05) is 6.07 Å². The fourth-order valence-electron chi connectivity index (χ4n) is 2.89. The number of aromatic nitrogens is 1. The van der Waals surface area contributed by atoms with Crippen LogP contribution >= 0.6 is 0 Å². The molecule has 0 spiro atoms. The van der Waals surface area contributed by atoms with Crippen molar-refractivity contribution < 1.29 is 4.92 Å². The quantitative estimate of drug-likeness (QED) is 0.417. The minimum atomic E-state index is -0.428. The van der Waals surface area contributed by atoms with Crippen LogP contribution < -0.4 is 0 Å². The molecule has 2 heterocycles. The molecule has 1 fully saturated rings. The van der Waals surface area contributed by atoms with E-state index in [0.717, 1.165) is 18.5 Å². The molecule has 1 aromatic heterocycles. The topological polar surface area (TPSA) is 59.3 Å². The summed E-state index contributed by atoms with van der Waals surface area (Å²) in [6, 6.07) is 5.04. The molecule has 21 heavy (non-hydrogen) atoms. The Hall–Kier alpha value is -1.49. The molecule has 5 nitrogen and oxygen atoms in total. The molecule has 0 amide bonds. The number of likely N-dealkylation sites (tertiary alicyclic amines) is 1. The molecule has 0 bridgehead atoms. The van der Waals surface area contributed by atoms with Crippen LogP contribution in [0, 0.1) is 10.1 Å². The molecule has 0 aromatic carbocycles. The number of rotatable bonds is 8. The number of hydrogen-bond acceptors (Lipinski definition) is 4. The molecule has 1 saturated heterocycles. The van der Waals surface area contributed by atoms with Gasteiger partial charge in [-0.2, -0.15) is 0 Å². The second kappa shape index (κ2) is 8.72. The van der Waals surface area contributed by atoms with Gasteiger partial charge in [0, 0.05) is 12.5 Å². The van der Waals surface area contributed by atoms with Crippen molar-refractivity contribution in [2.75, 3.05) is 19.6 Å². The lowest BCUT2D eigenvalue weighted by atomic mass is 10.1. The van der Waals surface area contributed by atoms with Crippen LogP contribution in [0.1, 0.15) is 50.6 Å². The highest BCUT2D eigenvalue weighted by atomic mass is 16.6.